The summed E-state index contributed by atoms with van der Waals surface area (Å²) >= 11 is 0. The molecule has 2 heteroatoms. The van der Waals surface area contributed by atoms with Gasteiger partial charge in [-0.2, -0.15) is 0 Å². The van der Waals surface area contributed by atoms with E-state index in [1.807, 2.05) is 36.4 Å². The van der Waals surface area contributed by atoms with E-state index in [0.29, 0.717) is 0 Å². The molecule has 2 rings (SSSR count). The maximum absolute atomic E-state index is 4.24. The lowest BCUT2D eigenvalue weighted by Gasteiger charge is -2.07. The van der Waals surface area contributed by atoms with Gasteiger partial charge in [-0.1, -0.05) is 25.3 Å². The number of nitrogens with zero attached hydrogens (tertiary/aromatic N) is 2. The lowest BCUT2D eigenvalue weighted by atomic mass is 10.0. The van der Waals surface area contributed by atoms with Crippen molar-refractivity contribution in [3.8, 4) is 0 Å². The van der Waals surface area contributed by atoms with Crippen molar-refractivity contribution in [3.05, 3.63) is 73.3 Å². The van der Waals surface area contributed by atoms with Gasteiger partial charge in [0, 0.05) is 23.5 Å². The van der Waals surface area contributed by atoms with E-state index in [0.717, 1.165) is 22.5 Å². The van der Waals surface area contributed by atoms with Crippen molar-refractivity contribution in [1.82, 2.24) is 9.97 Å². The molecule has 0 unspecified atom stereocenters. The van der Waals surface area contributed by atoms with E-state index in [-0.39, 0.29) is 0 Å². The predicted octanol–water partition coefficient (Wildman–Crippen LogP) is 3.20. The lowest BCUT2D eigenvalue weighted by Crippen LogP contribution is -1.92. The van der Waals surface area contributed by atoms with Gasteiger partial charge in [0.2, 0.25) is 0 Å². The Bertz CT molecular complexity index is 451. The molecule has 0 amide bonds. The van der Waals surface area contributed by atoms with Crippen LogP contribution < -0.4 is 0 Å². The number of hydrogen-bond donors (Lipinski definition) is 0. The molecule has 0 atom stereocenters. The van der Waals surface area contributed by atoms with Crippen LogP contribution in [0.25, 0.3) is 11.1 Å². The van der Waals surface area contributed by atoms with Crippen molar-refractivity contribution >= 4 is 11.1 Å². The van der Waals surface area contributed by atoms with Gasteiger partial charge in [0.25, 0.3) is 0 Å². The molecule has 2 heterocycles. The van der Waals surface area contributed by atoms with Crippen molar-refractivity contribution in [1.29, 1.82) is 0 Å². The van der Waals surface area contributed by atoms with Gasteiger partial charge in [-0.15, -0.1) is 0 Å². The van der Waals surface area contributed by atoms with Crippen LogP contribution >= 0.6 is 0 Å². The Hall–Kier alpha value is -2.22. The van der Waals surface area contributed by atoms with Crippen LogP contribution in [0, 0.1) is 0 Å². The van der Waals surface area contributed by atoms with Crippen molar-refractivity contribution in [2.75, 3.05) is 0 Å². The Balaban J connectivity index is 2.28. The van der Waals surface area contributed by atoms with Gasteiger partial charge in [-0.3, -0.25) is 9.97 Å². The van der Waals surface area contributed by atoms with Crippen LogP contribution in [-0.4, -0.2) is 9.97 Å². The minimum atomic E-state index is 0.805. The first-order valence-electron chi connectivity index (χ1n) is 5.00. The molecular formula is C14H12N2. The molecule has 78 valence electrons. The molecule has 0 saturated heterocycles. The molecule has 0 aliphatic carbocycles. The second-order valence-corrected chi connectivity index (χ2v) is 3.39. The van der Waals surface area contributed by atoms with E-state index in [9.17, 15) is 0 Å². The van der Waals surface area contributed by atoms with Crippen LogP contribution in [0.15, 0.2) is 61.9 Å². The first-order chi connectivity index (χ1) is 7.79. The summed E-state index contributed by atoms with van der Waals surface area (Å²) in [5.74, 6) is 0. The fraction of sp³-hybridized carbons (Fsp3) is 0. The minimum absolute atomic E-state index is 0.805. The molecule has 0 saturated carbocycles. The molecule has 0 spiro atoms. The van der Waals surface area contributed by atoms with Crippen molar-refractivity contribution < 1.29 is 0 Å². The molecule has 16 heavy (non-hydrogen) atoms. The zero-order valence-corrected chi connectivity index (χ0v) is 8.93. The quantitative estimate of drug-likeness (QED) is 0.724. The maximum Gasteiger partial charge on any atom is 0.0702 e. The van der Waals surface area contributed by atoms with Crippen LogP contribution in [0.3, 0.4) is 0 Å². The van der Waals surface area contributed by atoms with E-state index in [1.54, 1.807) is 12.4 Å². The number of allylic oxidation sites excluding steroid dienone is 2. The van der Waals surface area contributed by atoms with Crippen molar-refractivity contribution in [2.24, 2.45) is 0 Å². The van der Waals surface area contributed by atoms with Crippen LogP contribution in [0.5, 0.6) is 0 Å². The topological polar surface area (TPSA) is 25.8 Å². The summed E-state index contributed by atoms with van der Waals surface area (Å²) in [6, 6.07) is 11.4. The van der Waals surface area contributed by atoms with Crippen LogP contribution in [0.2, 0.25) is 0 Å². The van der Waals surface area contributed by atoms with Crippen molar-refractivity contribution in [3.63, 3.8) is 0 Å². The van der Waals surface area contributed by atoms with Gasteiger partial charge < -0.3 is 0 Å². The van der Waals surface area contributed by atoms with E-state index in [1.165, 1.54) is 0 Å². The number of pyridine rings is 2. The molecule has 2 nitrogen and oxygen atoms in total. The SMILES string of the molecule is C=C(C(=C)c1ccccn1)c1ccccn1. The summed E-state index contributed by atoms with van der Waals surface area (Å²) in [6.07, 6.45) is 3.48. The fourth-order valence-corrected chi connectivity index (χ4v) is 1.39. The van der Waals surface area contributed by atoms with E-state index in [4.69, 9.17) is 0 Å². The molecule has 0 aliphatic rings. The smallest absolute Gasteiger partial charge is 0.0702 e. The lowest BCUT2D eigenvalue weighted by molar-refractivity contribution is 1.26. The standard InChI is InChI=1S/C14H12N2/c1-11(13-7-3-5-9-15-13)12(2)14-8-4-6-10-16-14/h3-10H,1-2H2. The number of aromatic nitrogens is 2. The monoisotopic (exact) mass is 208 g/mol. The van der Waals surface area contributed by atoms with Crippen LogP contribution in [0.1, 0.15) is 11.4 Å². The van der Waals surface area contributed by atoms with Gasteiger partial charge in [0.15, 0.2) is 0 Å². The van der Waals surface area contributed by atoms with Gasteiger partial charge >= 0.3 is 0 Å². The molecule has 0 radical (unpaired) electrons. The molecule has 0 bridgehead atoms. The normalized spacial score (nSPS) is 9.75. The molecule has 0 aromatic carbocycles. The largest absolute Gasteiger partial charge is 0.256 e. The highest BCUT2D eigenvalue weighted by Crippen LogP contribution is 2.24. The molecule has 0 aliphatic heterocycles. The zero-order chi connectivity index (χ0) is 11.4. The van der Waals surface area contributed by atoms with Gasteiger partial charge in [0.1, 0.15) is 0 Å². The van der Waals surface area contributed by atoms with Gasteiger partial charge in [0.05, 0.1) is 11.4 Å². The zero-order valence-electron chi connectivity index (χ0n) is 8.93. The first-order valence-corrected chi connectivity index (χ1v) is 5.00. The van der Waals surface area contributed by atoms with E-state index >= 15 is 0 Å². The second kappa shape index (κ2) is 4.53. The average Bonchev–Trinajstić information content (AvgIpc) is 2.39. The molecular weight excluding hydrogens is 196 g/mol. The van der Waals surface area contributed by atoms with E-state index < -0.39 is 0 Å². The Labute approximate surface area is 95.0 Å². The Morgan fingerprint density at radius 1 is 0.750 bits per heavy atom. The van der Waals surface area contributed by atoms with Crippen LogP contribution in [0.4, 0.5) is 0 Å². The summed E-state index contributed by atoms with van der Waals surface area (Å²) in [7, 11) is 0. The molecule has 2 aromatic rings. The highest BCUT2D eigenvalue weighted by Gasteiger charge is 2.06. The third-order valence-corrected chi connectivity index (χ3v) is 2.31. The highest BCUT2D eigenvalue weighted by molar-refractivity contribution is 6.01. The summed E-state index contributed by atoms with van der Waals surface area (Å²) in [6.45, 7) is 8.00. The number of rotatable bonds is 3. The van der Waals surface area contributed by atoms with E-state index in [2.05, 4.69) is 23.1 Å². The first kappa shape index (κ1) is 10.3. The third-order valence-electron chi connectivity index (χ3n) is 2.31. The fourth-order valence-electron chi connectivity index (χ4n) is 1.39. The Morgan fingerprint density at radius 3 is 1.50 bits per heavy atom. The Morgan fingerprint density at radius 2 is 1.19 bits per heavy atom. The maximum atomic E-state index is 4.24. The third kappa shape index (κ3) is 2.06. The molecule has 2 aromatic heterocycles. The second-order valence-electron chi connectivity index (χ2n) is 3.39. The summed E-state index contributed by atoms with van der Waals surface area (Å²) in [5, 5.41) is 0. The molecule has 0 N–H and O–H groups in total. The van der Waals surface area contributed by atoms with Gasteiger partial charge in [-0.05, 0) is 24.3 Å². The minimum Gasteiger partial charge on any atom is -0.256 e. The summed E-state index contributed by atoms with van der Waals surface area (Å²) in [4.78, 5) is 8.47. The number of hydrogen-bond acceptors (Lipinski definition) is 2. The predicted molar refractivity (Wildman–Crippen MR) is 66.5 cm³/mol. The van der Waals surface area contributed by atoms with Crippen molar-refractivity contribution in [2.45, 2.75) is 0 Å². The summed E-state index contributed by atoms with van der Waals surface area (Å²) in [5.41, 5.74) is 3.27. The average molecular weight is 208 g/mol. The Kier molecular flexibility index (Phi) is 2.92. The molecule has 0 fully saturated rings. The van der Waals surface area contributed by atoms with Crippen LogP contribution in [-0.2, 0) is 0 Å². The van der Waals surface area contributed by atoms with Gasteiger partial charge in [-0.25, -0.2) is 0 Å². The highest BCUT2D eigenvalue weighted by atomic mass is 14.7. The summed E-state index contributed by atoms with van der Waals surface area (Å²) < 4.78 is 0.